The van der Waals surface area contributed by atoms with Gasteiger partial charge >= 0.3 is 0 Å². The first-order chi connectivity index (χ1) is 15.7. The maximum absolute atomic E-state index is 14.9. The van der Waals surface area contributed by atoms with Crippen LogP contribution < -0.4 is 15.0 Å². The summed E-state index contributed by atoms with van der Waals surface area (Å²) in [5, 5.41) is 3.82. The van der Waals surface area contributed by atoms with Crippen LogP contribution in [0.3, 0.4) is 0 Å². The highest BCUT2D eigenvalue weighted by molar-refractivity contribution is 7.80. The average Bonchev–Trinajstić information content (AvgIpc) is 3.44. The first kappa shape index (κ1) is 20.2. The van der Waals surface area contributed by atoms with Crippen LogP contribution in [0.5, 0.6) is 5.75 Å². The van der Waals surface area contributed by atoms with E-state index in [1.807, 2.05) is 71.8 Å². The third-order valence-electron chi connectivity index (χ3n) is 5.64. The normalized spacial score (nSPS) is 17.9. The molecule has 0 bridgehead atoms. The van der Waals surface area contributed by atoms with Gasteiger partial charge in [0.15, 0.2) is 5.11 Å². The van der Waals surface area contributed by atoms with Crippen LogP contribution in [-0.4, -0.2) is 21.8 Å². The lowest BCUT2D eigenvalue weighted by atomic mass is 10.0. The molecule has 160 valence electrons. The van der Waals surface area contributed by atoms with Crippen LogP contribution in [0.4, 0.5) is 10.1 Å². The van der Waals surface area contributed by atoms with Gasteiger partial charge in [-0.05, 0) is 60.7 Å². The summed E-state index contributed by atoms with van der Waals surface area (Å²) in [6, 6.07) is 23.6. The zero-order valence-corrected chi connectivity index (χ0v) is 18.2. The Morgan fingerprint density at radius 1 is 0.938 bits per heavy atom. The second kappa shape index (κ2) is 8.43. The van der Waals surface area contributed by atoms with Crippen molar-refractivity contribution < 1.29 is 9.13 Å². The number of aromatic nitrogens is 2. The van der Waals surface area contributed by atoms with Crippen molar-refractivity contribution in [1.29, 1.82) is 0 Å². The van der Waals surface area contributed by atoms with E-state index < -0.39 is 0 Å². The van der Waals surface area contributed by atoms with Crippen molar-refractivity contribution in [2.75, 3.05) is 12.0 Å². The summed E-state index contributed by atoms with van der Waals surface area (Å²) < 4.78 is 22.6. The van der Waals surface area contributed by atoms with E-state index in [1.165, 1.54) is 6.07 Å². The minimum Gasteiger partial charge on any atom is -0.495 e. The van der Waals surface area contributed by atoms with Gasteiger partial charge in [0.05, 0.1) is 30.2 Å². The summed E-state index contributed by atoms with van der Waals surface area (Å²) in [6.45, 7) is 0. The van der Waals surface area contributed by atoms with E-state index in [4.69, 9.17) is 17.0 Å². The summed E-state index contributed by atoms with van der Waals surface area (Å²) in [5.74, 6) is 0.407. The quantitative estimate of drug-likeness (QED) is 0.429. The number of thiocarbonyl (C=S) groups is 1. The number of benzene rings is 2. The SMILES string of the molecule is COc1ccccc1-n1cccc1[C@@H]1[C@H](c2ccccn2)NC(=S)N1c1ccccc1F. The Morgan fingerprint density at radius 3 is 2.44 bits per heavy atom. The predicted octanol–water partition coefficient (Wildman–Crippen LogP) is 5.20. The highest BCUT2D eigenvalue weighted by Gasteiger charge is 2.43. The number of anilines is 1. The lowest BCUT2D eigenvalue weighted by molar-refractivity contribution is 0.412. The first-order valence-corrected chi connectivity index (χ1v) is 10.7. The minimum atomic E-state index is -0.339. The lowest BCUT2D eigenvalue weighted by Gasteiger charge is -2.29. The number of nitrogens with one attached hydrogen (secondary N) is 1. The number of hydrogen-bond acceptors (Lipinski definition) is 3. The number of rotatable bonds is 5. The average molecular weight is 445 g/mol. The Morgan fingerprint density at radius 2 is 1.69 bits per heavy atom. The minimum absolute atomic E-state index is 0.272. The molecule has 2 atom stereocenters. The maximum atomic E-state index is 14.9. The third kappa shape index (κ3) is 3.40. The monoisotopic (exact) mass is 444 g/mol. The molecule has 2 aromatic heterocycles. The van der Waals surface area contributed by atoms with E-state index in [1.54, 1.807) is 25.4 Å². The van der Waals surface area contributed by atoms with Crippen LogP contribution >= 0.6 is 12.2 Å². The smallest absolute Gasteiger partial charge is 0.174 e. The second-order valence-corrected chi connectivity index (χ2v) is 7.81. The largest absolute Gasteiger partial charge is 0.495 e. The van der Waals surface area contributed by atoms with Crippen LogP contribution in [0.2, 0.25) is 0 Å². The van der Waals surface area contributed by atoms with Crippen molar-refractivity contribution in [3.8, 4) is 11.4 Å². The summed E-state index contributed by atoms with van der Waals surface area (Å²) in [5.41, 5.74) is 3.06. The zero-order valence-electron chi connectivity index (χ0n) is 17.4. The van der Waals surface area contributed by atoms with E-state index in [-0.39, 0.29) is 17.9 Å². The molecular formula is C25H21FN4OS. The highest BCUT2D eigenvalue weighted by atomic mass is 32.1. The highest BCUT2D eigenvalue weighted by Crippen LogP contribution is 2.43. The van der Waals surface area contributed by atoms with Gasteiger partial charge in [-0.3, -0.25) is 4.98 Å². The molecule has 5 rings (SSSR count). The predicted molar refractivity (Wildman–Crippen MR) is 127 cm³/mol. The molecule has 5 nitrogen and oxygen atoms in total. The molecule has 0 spiro atoms. The number of halogens is 1. The molecule has 0 aliphatic carbocycles. The number of methoxy groups -OCH3 is 1. The topological polar surface area (TPSA) is 42.3 Å². The first-order valence-electron chi connectivity index (χ1n) is 10.2. The summed E-state index contributed by atoms with van der Waals surface area (Å²) in [6.07, 6.45) is 3.73. The van der Waals surface area contributed by atoms with Gasteiger partial charge in [-0.2, -0.15) is 0 Å². The van der Waals surface area contributed by atoms with E-state index in [2.05, 4.69) is 14.9 Å². The molecule has 0 unspecified atom stereocenters. The van der Waals surface area contributed by atoms with Gasteiger partial charge in [0.1, 0.15) is 17.6 Å². The van der Waals surface area contributed by atoms with Crippen LogP contribution in [-0.2, 0) is 0 Å². The van der Waals surface area contributed by atoms with Gasteiger partial charge < -0.3 is 19.5 Å². The molecule has 1 N–H and O–H groups in total. The van der Waals surface area contributed by atoms with Gasteiger partial charge in [-0.1, -0.05) is 30.3 Å². The number of ether oxygens (including phenoxy) is 1. The van der Waals surface area contributed by atoms with Gasteiger partial charge in [0.25, 0.3) is 0 Å². The molecular weight excluding hydrogens is 423 g/mol. The molecule has 0 saturated carbocycles. The Kier molecular flexibility index (Phi) is 5.33. The Balaban J connectivity index is 1.70. The van der Waals surface area contributed by atoms with Crippen LogP contribution in [0.1, 0.15) is 23.5 Å². The Labute approximate surface area is 191 Å². The van der Waals surface area contributed by atoms with Crippen molar-refractivity contribution in [2.45, 2.75) is 12.1 Å². The number of para-hydroxylation sites is 3. The molecule has 2 aromatic carbocycles. The summed E-state index contributed by atoms with van der Waals surface area (Å²) >= 11 is 5.71. The van der Waals surface area contributed by atoms with Crippen molar-refractivity contribution in [3.05, 3.63) is 108 Å². The molecule has 1 aliphatic rings. The van der Waals surface area contributed by atoms with E-state index in [0.717, 1.165) is 22.8 Å². The molecule has 0 radical (unpaired) electrons. The Bertz CT molecular complexity index is 1260. The number of pyridine rings is 1. The molecule has 1 aliphatic heterocycles. The molecule has 3 heterocycles. The zero-order chi connectivity index (χ0) is 22.1. The second-order valence-electron chi connectivity index (χ2n) is 7.42. The number of nitrogens with zero attached hydrogens (tertiary/aromatic N) is 3. The van der Waals surface area contributed by atoms with E-state index in [0.29, 0.717) is 10.8 Å². The lowest BCUT2D eigenvalue weighted by Crippen LogP contribution is -2.31. The van der Waals surface area contributed by atoms with Crippen molar-refractivity contribution in [2.24, 2.45) is 0 Å². The van der Waals surface area contributed by atoms with Crippen LogP contribution in [0.15, 0.2) is 91.3 Å². The summed E-state index contributed by atoms with van der Waals surface area (Å²) in [7, 11) is 1.65. The van der Waals surface area contributed by atoms with Gasteiger partial charge in [0.2, 0.25) is 0 Å². The molecule has 4 aromatic rings. The maximum Gasteiger partial charge on any atom is 0.174 e. The third-order valence-corrected chi connectivity index (χ3v) is 5.95. The van der Waals surface area contributed by atoms with Gasteiger partial charge in [-0.15, -0.1) is 0 Å². The fourth-order valence-corrected chi connectivity index (χ4v) is 4.58. The fourth-order valence-electron chi connectivity index (χ4n) is 4.25. The standard InChI is InChI=1S/C25H21FN4OS/c1-31-22-14-5-4-12-20(22)29-16-8-13-21(29)24-23(18-10-6-7-15-27-18)28-25(32)30(24)19-11-3-2-9-17(19)26/h2-16,23-24H,1H3,(H,28,32)/t23-,24+/m0/s1. The molecule has 0 amide bonds. The van der Waals surface area contributed by atoms with E-state index >= 15 is 0 Å². The molecule has 1 fully saturated rings. The molecule has 1 saturated heterocycles. The van der Waals surface area contributed by atoms with Gasteiger partial charge in [-0.25, -0.2) is 4.39 Å². The molecule has 32 heavy (non-hydrogen) atoms. The van der Waals surface area contributed by atoms with Crippen molar-refractivity contribution in [1.82, 2.24) is 14.9 Å². The fraction of sp³-hybridized carbons (Fsp3) is 0.120. The molecule has 7 heteroatoms. The van der Waals surface area contributed by atoms with Crippen molar-refractivity contribution in [3.63, 3.8) is 0 Å². The Hall–Kier alpha value is -3.71. The number of hydrogen-bond donors (Lipinski definition) is 1. The summed E-state index contributed by atoms with van der Waals surface area (Å²) in [4.78, 5) is 6.40. The van der Waals surface area contributed by atoms with Crippen LogP contribution in [0.25, 0.3) is 5.69 Å². The van der Waals surface area contributed by atoms with Crippen LogP contribution in [0, 0.1) is 5.82 Å². The van der Waals surface area contributed by atoms with Crippen molar-refractivity contribution >= 4 is 23.0 Å². The van der Waals surface area contributed by atoms with E-state index in [9.17, 15) is 4.39 Å². The van der Waals surface area contributed by atoms with Gasteiger partial charge in [0, 0.05) is 18.1 Å².